The van der Waals surface area contributed by atoms with Gasteiger partial charge in [0.15, 0.2) is 0 Å². The SMILES string of the molecule is C=Cc1c(-c2c(Cl)cn[nH]c2=O)cc(C(=O)OC)nc1C. The number of hydrogen-bond donors (Lipinski definition) is 1. The fourth-order valence-corrected chi connectivity index (χ4v) is 2.22. The quantitative estimate of drug-likeness (QED) is 0.879. The summed E-state index contributed by atoms with van der Waals surface area (Å²) in [5.41, 5.74) is 1.43. The van der Waals surface area contributed by atoms with Crippen LogP contribution in [-0.4, -0.2) is 28.3 Å². The highest BCUT2D eigenvalue weighted by atomic mass is 35.5. The molecular weight excluding hydrogens is 294 g/mol. The van der Waals surface area contributed by atoms with E-state index >= 15 is 0 Å². The normalized spacial score (nSPS) is 10.2. The van der Waals surface area contributed by atoms with Crippen molar-refractivity contribution in [2.24, 2.45) is 0 Å². The van der Waals surface area contributed by atoms with Gasteiger partial charge < -0.3 is 4.74 Å². The third kappa shape index (κ3) is 2.71. The van der Waals surface area contributed by atoms with Crippen LogP contribution in [0.4, 0.5) is 0 Å². The van der Waals surface area contributed by atoms with Crippen LogP contribution in [0.25, 0.3) is 17.2 Å². The van der Waals surface area contributed by atoms with Gasteiger partial charge in [-0.05, 0) is 13.0 Å². The first kappa shape index (κ1) is 14.9. The number of pyridine rings is 1. The maximum atomic E-state index is 12.0. The van der Waals surface area contributed by atoms with Crippen molar-refractivity contribution in [1.29, 1.82) is 0 Å². The molecule has 0 amide bonds. The lowest BCUT2D eigenvalue weighted by atomic mass is 9.99. The zero-order chi connectivity index (χ0) is 15.6. The van der Waals surface area contributed by atoms with Crippen molar-refractivity contribution in [3.63, 3.8) is 0 Å². The van der Waals surface area contributed by atoms with E-state index in [1.807, 2.05) is 0 Å². The van der Waals surface area contributed by atoms with Gasteiger partial charge in [0.1, 0.15) is 5.69 Å². The highest BCUT2D eigenvalue weighted by molar-refractivity contribution is 6.33. The van der Waals surface area contributed by atoms with Gasteiger partial charge in [-0.2, -0.15) is 5.10 Å². The Labute approximate surface area is 125 Å². The van der Waals surface area contributed by atoms with Crippen molar-refractivity contribution in [2.45, 2.75) is 6.92 Å². The minimum atomic E-state index is -0.600. The van der Waals surface area contributed by atoms with Crippen LogP contribution in [0.5, 0.6) is 0 Å². The van der Waals surface area contributed by atoms with Crippen LogP contribution in [0.1, 0.15) is 21.7 Å². The molecule has 0 saturated carbocycles. The molecule has 7 heteroatoms. The molecule has 2 aromatic heterocycles. The third-order valence-corrected chi connectivity index (χ3v) is 3.21. The molecule has 0 aliphatic carbocycles. The minimum absolute atomic E-state index is 0.0860. The van der Waals surface area contributed by atoms with Crippen molar-refractivity contribution in [3.05, 3.63) is 51.2 Å². The standard InChI is InChI=1S/C14H12ClN3O3/c1-4-8-7(2)17-11(14(20)21-3)5-9(8)12-10(15)6-16-18-13(12)19/h4-6H,1H2,2-3H3,(H,18,19). The zero-order valence-electron chi connectivity index (χ0n) is 11.4. The Hall–Kier alpha value is -2.47. The largest absolute Gasteiger partial charge is 0.464 e. The number of aromatic amines is 1. The first-order valence-electron chi connectivity index (χ1n) is 5.95. The minimum Gasteiger partial charge on any atom is -0.464 e. The van der Waals surface area contributed by atoms with E-state index in [1.54, 1.807) is 13.0 Å². The number of aryl methyl sites for hydroxylation is 1. The molecule has 21 heavy (non-hydrogen) atoms. The van der Waals surface area contributed by atoms with E-state index in [1.165, 1.54) is 19.4 Å². The molecule has 0 spiro atoms. The second kappa shape index (κ2) is 5.88. The molecule has 0 aliphatic rings. The number of esters is 1. The van der Waals surface area contributed by atoms with E-state index in [4.69, 9.17) is 11.6 Å². The molecule has 0 unspecified atom stereocenters. The zero-order valence-corrected chi connectivity index (χ0v) is 12.2. The van der Waals surface area contributed by atoms with E-state index in [9.17, 15) is 9.59 Å². The molecule has 0 atom stereocenters. The van der Waals surface area contributed by atoms with Gasteiger partial charge in [0, 0.05) is 16.8 Å². The molecule has 6 nitrogen and oxygen atoms in total. The summed E-state index contributed by atoms with van der Waals surface area (Å²) in [5, 5.41) is 6.10. The van der Waals surface area contributed by atoms with E-state index in [-0.39, 0.29) is 16.3 Å². The average molecular weight is 306 g/mol. The van der Waals surface area contributed by atoms with Crippen LogP contribution in [0.3, 0.4) is 0 Å². The molecule has 0 radical (unpaired) electrons. The fourth-order valence-electron chi connectivity index (χ4n) is 1.98. The van der Waals surface area contributed by atoms with Crippen LogP contribution in [0.2, 0.25) is 5.02 Å². The summed E-state index contributed by atoms with van der Waals surface area (Å²) in [6.07, 6.45) is 2.87. The number of rotatable bonds is 3. The van der Waals surface area contributed by atoms with Gasteiger partial charge >= 0.3 is 5.97 Å². The molecule has 2 aromatic rings. The monoisotopic (exact) mass is 305 g/mol. The Morgan fingerprint density at radius 1 is 1.52 bits per heavy atom. The lowest BCUT2D eigenvalue weighted by Gasteiger charge is -2.11. The average Bonchev–Trinajstić information content (AvgIpc) is 2.45. The first-order chi connectivity index (χ1) is 9.99. The number of halogens is 1. The summed E-state index contributed by atoms with van der Waals surface area (Å²) in [7, 11) is 1.26. The number of nitrogens with one attached hydrogen (secondary N) is 1. The lowest BCUT2D eigenvalue weighted by Crippen LogP contribution is -2.13. The molecule has 0 aromatic carbocycles. The van der Waals surface area contributed by atoms with Gasteiger partial charge in [0.2, 0.25) is 0 Å². The number of carbonyl (C=O) groups is 1. The van der Waals surface area contributed by atoms with Crippen LogP contribution >= 0.6 is 11.6 Å². The number of nitrogens with zero attached hydrogens (tertiary/aromatic N) is 2. The smallest absolute Gasteiger partial charge is 0.356 e. The summed E-state index contributed by atoms with van der Waals surface area (Å²) in [6.45, 7) is 5.41. The summed E-state index contributed by atoms with van der Waals surface area (Å²) >= 11 is 6.06. The molecule has 0 fully saturated rings. The van der Waals surface area contributed by atoms with Crippen LogP contribution < -0.4 is 5.56 Å². The number of H-pyrrole nitrogens is 1. The van der Waals surface area contributed by atoms with Crippen molar-refractivity contribution in [1.82, 2.24) is 15.2 Å². The Kier molecular flexibility index (Phi) is 4.18. The highest BCUT2D eigenvalue weighted by Crippen LogP contribution is 2.29. The van der Waals surface area contributed by atoms with Crippen molar-refractivity contribution in [3.8, 4) is 11.1 Å². The number of aromatic nitrogens is 3. The molecule has 2 heterocycles. The molecule has 0 aliphatic heterocycles. The number of ether oxygens (including phenoxy) is 1. The van der Waals surface area contributed by atoms with E-state index < -0.39 is 11.5 Å². The summed E-state index contributed by atoms with van der Waals surface area (Å²) in [4.78, 5) is 27.8. The Bertz CT molecular complexity index is 784. The van der Waals surface area contributed by atoms with E-state index in [0.29, 0.717) is 16.8 Å². The number of methoxy groups -OCH3 is 1. The van der Waals surface area contributed by atoms with Crippen LogP contribution in [0.15, 0.2) is 23.6 Å². The van der Waals surface area contributed by atoms with Crippen molar-refractivity contribution >= 4 is 23.6 Å². The molecule has 0 bridgehead atoms. The molecule has 108 valence electrons. The Morgan fingerprint density at radius 2 is 2.24 bits per heavy atom. The second-order valence-electron chi connectivity index (χ2n) is 4.17. The van der Waals surface area contributed by atoms with Gasteiger partial charge in [-0.3, -0.25) is 4.79 Å². The van der Waals surface area contributed by atoms with Gasteiger partial charge in [-0.25, -0.2) is 14.9 Å². The predicted molar refractivity (Wildman–Crippen MR) is 79.3 cm³/mol. The lowest BCUT2D eigenvalue weighted by molar-refractivity contribution is 0.0594. The number of carbonyl (C=O) groups excluding carboxylic acids is 1. The van der Waals surface area contributed by atoms with Gasteiger partial charge in [0.05, 0.1) is 23.9 Å². The van der Waals surface area contributed by atoms with E-state index in [0.717, 1.165) is 0 Å². The third-order valence-electron chi connectivity index (χ3n) is 2.93. The molecular formula is C14H12ClN3O3. The summed E-state index contributed by atoms with van der Waals surface area (Å²) in [5.74, 6) is -0.600. The topological polar surface area (TPSA) is 84.9 Å². The molecule has 0 saturated heterocycles. The molecule has 2 rings (SSSR count). The van der Waals surface area contributed by atoms with E-state index in [2.05, 4.69) is 26.5 Å². The highest BCUT2D eigenvalue weighted by Gasteiger charge is 2.18. The van der Waals surface area contributed by atoms with Crippen molar-refractivity contribution < 1.29 is 9.53 Å². The first-order valence-corrected chi connectivity index (χ1v) is 6.33. The molecule has 1 N–H and O–H groups in total. The van der Waals surface area contributed by atoms with Crippen LogP contribution in [-0.2, 0) is 4.74 Å². The maximum Gasteiger partial charge on any atom is 0.356 e. The van der Waals surface area contributed by atoms with Crippen LogP contribution in [0, 0.1) is 6.92 Å². The van der Waals surface area contributed by atoms with Gasteiger partial charge in [-0.1, -0.05) is 24.3 Å². The maximum absolute atomic E-state index is 12.0. The second-order valence-corrected chi connectivity index (χ2v) is 4.58. The summed E-state index contributed by atoms with van der Waals surface area (Å²) < 4.78 is 4.66. The summed E-state index contributed by atoms with van der Waals surface area (Å²) in [6, 6.07) is 1.45. The van der Waals surface area contributed by atoms with Gasteiger partial charge in [-0.15, -0.1) is 0 Å². The Morgan fingerprint density at radius 3 is 2.81 bits per heavy atom. The van der Waals surface area contributed by atoms with Gasteiger partial charge in [0.25, 0.3) is 5.56 Å². The fraction of sp³-hybridized carbons (Fsp3) is 0.143. The Balaban J connectivity index is 2.84. The predicted octanol–water partition coefficient (Wildman–Crippen LogP) is 2.22. The number of hydrogen-bond acceptors (Lipinski definition) is 5. The van der Waals surface area contributed by atoms with Crippen molar-refractivity contribution in [2.75, 3.05) is 7.11 Å².